The minimum Gasteiger partial charge on any atom is -0.477 e. The van der Waals surface area contributed by atoms with Crippen LogP contribution in [0.1, 0.15) is 94.4 Å². The molecule has 15 heteroatoms. The molecular weight excluding hydrogens is 635 g/mol. The maximum absolute atomic E-state index is 12.0. The first-order valence-electron chi connectivity index (χ1n) is 15.1. The van der Waals surface area contributed by atoms with Gasteiger partial charge in [-0.25, -0.2) is 19.6 Å². The quantitative estimate of drug-likeness (QED) is 0.181. The van der Waals surface area contributed by atoms with Crippen LogP contribution in [0, 0.1) is 11.8 Å². The van der Waals surface area contributed by atoms with Crippen LogP contribution in [-0.4, -0.2) is 70.8 Å². The van der Waals surface area contributed by atoms with E-state index in [2.05, 4.69) is 44.4 Å². The van der Waals surface area contributed by atoms with E-state index < -0.39 is 17.7 Å². The highest BCUT2D eigenvalue weighted by Gasteiger charge is 2.29. The van der Waals surface area contributed by atoms with E-state index in [0.717, 1.165) is 17.5 Å². The van der Waals surface area contributed by atoms with Gasteiger partial charge in [0.15, 0.2) is 0 Å². The van der Waals surface area contributed by atoms with Crippen LogP contribution in [0.25, 0.3) is 22.1 Å². The first-order chi connectivity index (χ1) is 21.5. The van der Waals surface area contributed by atoms with E-state index in [-0.39, 0.29) is 46.7 Å². The van der Waals surface area contributed by atoms with Gasteiger partial charge in [-0.15, -0.1) is 0 Å². The van der Waals surface area contributed by atoms with Crippen molar-refractivity contribution in [1.29, 1.82) is 0 Å². The number of nitrogens with zero attached hydrogens (tertiary/aromatic N) is 6. The largest absolute Gasteiger partial charge is 0.477 e. The number of carbonyl (C=O) groups excluding carboxylic acids is 2. The number of hydrogen-bond donors (Lipinski definition) is 3. The van der Waals surface area contributed by atoms with Crippen LogP contribution >= 0.6 is 23.2 Å². The lowest BCUT2D eigenvalue weighted by Crippen LogP contribution is -2.39. The monoisotopic (exact) mass is 674 g/mol. The summed E-state index contributed by atoms with van der Waals surface area (Å²) in [6, 6.07) is 3.21. The summed E-state index contributed by atoms with van der Waals surface area (Å²) < 4.78 is 8.87. The predicted octanol–water partition coefficient (Wildman–Crippen LogP) is 6.31. The van der Waals surface area contributed by atoms with Crippen LogP contribution in [-0.2, 0) is 4.74 Å². The fraction of sp³-hybridized carbons (Fsp3) is 0.516. The van der Waals surface area contributed by atoms with Gasteiger partial charge in [0.25, 0.3) is 5.91 Å². The van der Waals surface area contributed by atoms with Gasteiger partial charge in [-0.2, -0.15) is 9.97 Å². The molecule has 0 aliphatic carbocycles. The third-order valence-electron chi connectivity index (χ3n) is 7.14. The molecule has 4 aromatic rings. The first kappa shape index (κ1) is 34.9. The Hall–Kier alpha value is -3.97. The number of aromatic carboxylic acids is 1. The fourth-order valence-electron chi connectivity index (χ4n) is 5.52. The number of ether oxygens (including phenoxy) is 1. The van der Waals surface area contributed by atoms with E-state index in [9.17, 15) is 19.5 Å². The highest BCUT2D eigenvalue weighted by molar-refractivity contribution is 6.28. The van der Waals surface area contributed by atoms with Crippen molar-refractivity contribution in [1.82, 2.24) is 39.7 Å². The summed E-state index contributed by atoms with van der Waals surface area (Å²) in [5.74, 6) is -0.348. The molecule has 0 aromatic carbocycles. The number of alkyl carbamates (subject to hydrolysis) is 1. The summed E-state index contributed by atoms with van der Waals surface area (Å²) in [5, 5.41) is 17.0. The standard InChI is InChI=1S/C18H25ClN4O4.C13H15ClN4O/c1-10(2)6-12(9-21-17(26)27-18(3,4)5)23-13(15(24)25)7-11-8-20-16(19)22-14(11)23;1-7(2)3-9-6-15-12(19)10-4-8-5-16-13(14)17-11(8)18(9)10/h7-8,10,12H,6,9H2,1-5H3,(H,21,26)(H,24,25);4-5,7,9H,3,6H2,1-2H3,(H,15,19). The van der Waals surface area contributed by atoms with Gasteiger partial charge in [0.1, 0.15) is 28.3 Å². The highest BCUT2D eigenvalue weighted by Crippen LogP contribution is 2.30. The summed E-state index contributed by atoms with van der Waals surface area (Å²) in [4.78, 5) is 52.2. The predicted molar refractivity (Wildman–Crippen MR) is 176 cm³/mol. The van der Waals surface area contributed by atoms with Gasteiger partial charge in [0, 0.05) is 36.3 Å². The van der Waals surface area contributed by atoms with Crippen molar-refractivity contribution in [3.63, 3.8) is 0 Å². The maximum atomic E-state index is 12.0. The van der Waals surface area contributed by atoms with Crippen LogP contribution in [0.2, 0.25) is 10.6 Å². The molecular formula is C31H40Cl2N8O5. The average Bonchev–Trinajstić information content (AvgIpc) is 3.51. The molecule has 1 aliphatic heterocycles. The zero-order valence-electron chi connectivity index (χ0n) is 27.0. The second-order valence-electron chi connectivity index (χ2n) is 13.1. The van der Waals surface area contributed by atoms with Crippen LogP contribution in [0.15, 0.2) is 24.5 Å². The topological polar surface area (TPSA) is 166 Å². The molecule has 13 nitrogen and oxygen atoms in total. The minimum absolute atomic E-state index is 0.0298. The van der Waals surface area contributed by atoms with E-state index in [4.69, 9.17) is 27.9 Å². The SMILES string of the molecule is CC(C)CC(CNC(=O)OC(C)(C)C)n1c(C(=O)O)cc2cnc(Cl)nc21.CC(C)CC1CNC(=O)c2cc3cnc(Cl)nc3n21. The lowest BCUT2D eigenvalue weighted by atomic mass is 10.0. The number of hydrogen-bond acceptors (Lipinski definition) is 8. The van der Waals surface area contributed by atoms with Crippen molar-refractivity contribution >= 4 is 63.2 Å². The zero-order chi connectivity index (χ0) is 33.9. The molecule has 0 radical (unpaired) electrons. The number of fused-ring (bicyclic) bond motifs is 4. The molecule has 2 amide bonds. The molecule has 248 valence electrons. The lowest BCUT2D eigenvalue weighted by molar-refractivity contribution is 0.0518. The molecule has 46 heavy (non-hydrogen) atoms. The van der Waals surface area contributed by atoms with Gasteiger partial charge in [-0.05, 0) is 80.8 Å². The van der Waals surface area contributed by atoms with Crippen molar-refractivity contribution in [3.8, 4) is 0 Å². The molecule has 0 fully saturated rings. The van der Waals surface area contributed by atoms with Gasteiger partial charge in [-0.1, -0.05) is 27.7 Å². The summed E-state index contributed by atoms with van der Waals surface area (Å²) in [7, 11) is 0. The van der Waals surface area contributed by atoms with Crippen LogP contribution in [0.3, 0.4) is 0 Å². The molecule has 0 bridgehead atoms. The highest BCUT2D eigenvalue weighted by atomic mass is 35.5. The first-order valence-corrected chi connectivity index (χ1v) is 15.8. The molecule has 3 N–H and O–H groups in total. The van der Waals surface area contributed by atoms with E-state index >= 15 is 0 Å². The summed E-state index contributed by atoms with van der Waals surface area (Å²) in [6.07, 6.45) is 4.20. The molecule has 2 atom stereocenters. The number of carboxylic acid groups (broad SMARTS) is 1. The Kier molecular flexibility index (Phi) is 10.8. The number of nitrogens with one attached hydrogen (secondary N) is 2. The summed E-state index contributed by atoms with van der Waals surface area (Å²) in [5.41, 5.74) is 1.26. The van der Waals surface area contributed by atoms with Gasteiger partial charge < -0.3 is 29.6 Å². The molecule has 5 rings (SSSR count). The lowest BCUT2D eigenvalue weighted by Gasteiger charge is -2.28. The molecule has 0 spiro atoms. The summed E-state index contributed by atoms with van der Waals surface area (Å²) >= 11 is 11.8. The van der Waals surface area contributed by atoms with Crippen molar-refractivity contribution in [3.05, 3.63) is 46.5 Å². The van der Waals surface area contributed by atoms with E-state index in [1.165, 1.54) is 12.3 Å². The van der Waals surface area contributed by atoms with Crippen LogP contribution in [0.5, 0.6) is 0 Å². The Morgan fingerprint density at radius 1 is 1.04 bits per heavy atom. The number of carbonyl (C=O) groups is 3. The normalized spacial score (nSPS) is 15.4. The van der Waals surface area contributed by atoms with Crippen molar-refractivity contribution in [2.75, 3.05) is 13.1 Å². The van der Waals surface area contributed by atoms with Gasteiger partial charge in [0.05, 0.1) is 12.1 Å². The maximum Gasteiger partial charge on any atom is 0.407 e. The number of aromatic nitrogens is 6. The molecule has 4 aromatic heterocycles. The second-order valence-corrected chi connectivity index (χ2v) is 13.8. The number of amides is 2. The molecule has 0 saturated heterocycles. The third-order valence-corrected chi connectivity index (χ3v) is 7.51. The Morgan fingerprint density at radius 2 is 1.65 bits per heavy atom. The van der Waals surface area contributed by atoms with E-state index in [1.54, 1.807) is 31.5 Å². The molecule has 0 saturated carbocycles. The second kappa shape index (κ2) is 14.2. The van der Waals surface area contributed by atoms with Crippen molar-refractivity contribution in [2.45, 2.75) is 79.0 Å². The van der Waals surface area contributed by atoms with Gasteiger partial charge >= 0.3 is 12.1 Å². The molecule has 5 heterocycles. The van der Waals surface area contributed by atoms with E-state index in [1.807, 2.05) is 24.5 Å². The average molecular weight is 676 g/mol. The molecule has 1 aliphatic rings. The summed E-state index contributed by atoms with van der Waals surface area (Å²) in [6.45, 7) is 14.5. The van der Waals surface area contributed by atoms with Gasteiger partial charge in [-0.3, -0.25) is 4.79 Å². The molecule has 2 unspecified atom stereocenters. The Balaban J connectivity index is 0.000000221. The van der Waals surface area contributed by atoms with Crippen LogP contribution in [0.4, 0.5) is 4.79 Å². The number of carboxylic acids is 1. The zero-order valence-corrected chi connectivity index (χ0v) is 28.5. The minimum atomic E-state index is -1.09. The van der Waals surface area contributed by atoms with Crippen molar-refractivity contribution < 1.29 is 24.2 Å². The smallest absolute Gasteiger partial charge is 0.407 e. The van der Waals surface area contributed by atoms with Crippen molar-refractivity contribution in [2.24, 2.45) is 11.8 Å². The Bertz CT molecular complexity index is 1740. The van der Waals surface area contributed by atoms with Gasteiger partial charge in [0.2, 0.25) is 10.6 Å². The number of rotatable bonds is 8. The number of halogens is 2. The Morgan fingerprint density at radius 3 is 2.22 bits per heavy atom. The Labute approximate surface area is 277 Å². The fourth-order valence-corrected chi connectivity index (χ4v) is 5.78. The third kappa shape index (κ3) is 8.43. The van der Waals surface area contributed by atoms with E-state index in [0.29, 0.717) is 35.6 Å². The van der Waals surface area contributed by atoms with Crippen LogP contribution < -0.4 is 10.6 Å².